The van der Waals surface area contributed by atoms with Gasteiger partial charge in [0.25, 0.3) is 0 Å². The molecule has 2 unspecified atom stereocenters. The molecule has 4 heterocycles. The first-order valence-electron chi connectivity index (χ1n) is 12.8. The Bertz CT molecular complexity index is 1530. The Hall–Kier alpha value is -4.05. The number of phenols is 1. The molecule has 2 aliphatic rings. The van der Waals surface area contributed by atoms with Crippen LogP contribution in [-0.4, -0.2) is 76.7 Å². The fourth-order valence-corrected chi connectivity index (χ4v) is 5.43. The van der Waals surface area contributed by atoms with Crippen LogP contribution in [0.5, 0.6) is 11.8 Å². The number of benzene rings is 2. The summed E-state index contributed by atoms with van der Waals surface area (Å²) in [4.78, 5) is 29.3. The van der Waals surface area contributed by atoms with Crippen LogP contribution in [-0.2, 0) is 4.79 Å². The van der Waals surface area contributed by atoms with E-state index in [2.05, 4.69) is 25.2 Å². The highest BCUT2D eigenvalue weighted by Crippen LogP contribution is 2.37. The predicted octanol–water partition coefficient (Wildman–Crippen LogP) is 3.49. The van der Waals surface area contributed by atoms with E-state index in [1.54, 1.807) is 26.4 Å². The van der Waals surface area contributed by atoms with E-state index in [4.69, 9.17) is 4.74 Å². The van der Waals surface area contributed by atoms with Crippen molar-refractivity contribution in [2.45, 2.75) is 31.3 Å². The molecule has 4 aromatic rings. The molecule has 10 heteroatoms. The Morgan fingerprint density at radius 3 is 2.68 bits per heavy atom. The fraction of sp³-hybridized carbons (Fsp3) is 0.357. The van der Waals surface area contributed by atoms with Crippen LogP contribution >= 0.6 is 0 Å². The number of carbonyl (C=O) groups excluding carboxylic acids is 1. The average Bonchev–Trinajstić information content (AvgIpc) is 3.25. The first-order chi connectivity index (χ1) is 18.4. The summed E-state index contributed by atoms with van der Waals surface area (Å²) in [5.74, 6) is -0.109. The number of hydrogen-bond acceptors (Lipinski definition) is 8. The monoisotopic (exact) mass is 516 g/mol. The van der Waals surface area contributed by atoms with Crippen molar-refractivity contribution in [1.29, 1.82) is 0 Å². The van der Waals surface area contributed by atoms with Crippen molar-refractivity contribution in [1.82, 2.24) is 25.2 Å². The number of anilines is 1. The zero-order chi connectivity index (χ0) is 26.4. The van der Waals surface area contributed by atoms with Crippen LogP contribution in [0.2, 0.25) is 0 Å². The van der Waals surface area contributed by atoms with Gasteiger partial charge < -0.3 is 25.0 Å². The molecule has 9 nitrogen and oxygen atoms in total. The molecular formula is C28H29FN6O3. The number of aromatic hydroxyl groups is 1. The Kier molecular flexibility index (Phi) is 6.19. The molecule has 1 amide bonds. The third-order valence-corrected chi connectivity index (χ3v) is 7.31. The van der Waals surface area contributed by atoms with E-state index in [0.717, 1.165) is 36.7 Å². The van der Waals surface area contributed by atoms with Crippen molar-refractivity contribution in [3.8, 4) is 23.0 Å². The summed E-state index contributed by atoms with van der Waals surface area (Å²) in [7, 11) is 3.36. The third kappa shape index (κ3) is 4.45. The summed E-state index contributed by atoms with van der Waals surface area (Å²) in [6, 6.07) is 11.3. The van der Waals surface area contributed by atoms with E-state index < -0.39 is 5.82 Å². The second-order valence-electron chi connectivity index (χ2n) is 10.2. The lowest BCUT2D eigenvalue weighted by molar-refractivity contribution is -0.129. The van der Waals surface area contributed by atoms with Crippen LogP contribution in [0.25, 0.3) is 32.9 Å². The Morgan fingerprint density at radius 2 is 1.92 bits per heavy atom. The number of phenolic OH excluding ortho intramolecular Hbond substituents is 1. The minimum absolute atomic E-state index is 0.0155. The number of rotatable bonds is 6. The van der Waals surface area contributed by atoms with Crippen LogP contribution in [0.3, 0.4) is 0 Å². The number of halogens is 1. The standard InChI is InChI=1S/C28H29FN6O3/c1-34(2)23(37)9-10-38-28-32-26-22(27(33-28)35-14-17-7-8-18(15-35)31-17)13-30-25(24(26)29)21-12-19(36)11-16-5-3-4-6-20(16)21/h3-6,11-13,17-18,31,36H,7-10,14-15H2,1-2H3. The van der Waals surface area contributed by atoms with Crippen LogP contribution in [0.1, 0.15) is 19.3 Å². The molecule has 2 aliphatic heterocycles. The van der Waals surface area contributed by atoms with Gasteiger partial charge in [-0.1, -0.05) is 24.3 Å². The Balaban J connectivity index is 1.46. The Morgan fingerprint density at radius 1 is 1.16 bits per heavy atom. The highest BCUT2D eigenvalue weighted by Gasteiger charge is 2.34. The maximum Gasteiger partial charge on any atom is 0.319 e. The molecule has 196 valence electrons. The molecule has 0 spiro atoms. The third-order valence-electron chi connectivity index (χ3n) is 7.31. The predicted molar refractivity (Wildman–Crippen MR) is 143 cm³/mol. The van der Waals surface area contributed by atoms with Gasteiger partial charge in [-0.2, -0.15) is 9.97 Å². The maximum atomic E-state index is 16.3. The number of ether oxygens (including phenoxy) is 1. The molecule has 2 N–H and O–H groups in total. The van der Waals surface area contributed by atoms with Crippen molar-refractivity contribution in [3.05, 3.63) is 48.4 Å². The quantitative estimate of drug-likeness (QED) is 0.402. The molecule has 2 atom stereocenters. The number of carbonyl (C=O) groups is 1. The molecule has 2 aromatic heterocycles. The average molecular weight is 517 g/mol. The van der Waals surface area contributed by atoms with Crippen LogP contribution in [0.15, 0.2) is 42.6 Å². The second-order valence-corrected chi connectivity index (χ2v) is 10.2. The van der Waals surface area contributed by atoms with Gasteiger partial charge in [0.1, 0.15) is 29.4 Å². The van der Waals surface area contributed by atoms with Gasteiger partial charge in [-0.15, -0.1) is 0 Å². The lowest BCUT2D eigenvalue weighted by atomic mass is 10.0. The number of hydrogen-bond donors (Lipinski definition) is 2. The molecule has 0 saturated carbocycles. The van der Waals surface area contributed by atoms with E-state index >= 15 is 4.39 Å². The Labute approximate surface area is 219 Å². The minimum atomic E-state index is -0.616. The topological polar surface area (TPSA) is 104 Å². The number of fused-ring (bicyclic) bond motifs is 4. The van der Waals surface area contributed by atoms with E-state index in [0.29, 0.717) is 28.9 Å². The fourth-order valence-electron chi connectivity index (χ4n) is 5.43. The number of pyridine rings is 1. The van der Waals surface area contributed by atoms with E-state index in [-0.39, 0.29) is 41.9 Å². The van der Waals surface area contributed by atoms with Crippen molar-refractivity contribution >= 4 is 33.4 Å². The molecular weight excluding hydrogens is 487 g/mol. The van der Waals surface area contributed by atoms with Crippen LogP contribution < -0.4 is 15.0 Å². The lowest BCUT2D eigenvalue weighted by Crippen LogP contribution is -2.51. The van der Waals surface area contributed by atoms with Crippen molar-refractivity contribution in [2.24, 2.45) is 0 Å². The minimum Gasteiger partial charge on any atom is -0.508 e. The van der Waals surface area contributed by atoms with Crippen molar-refractivity contribution in [3.63, 3.8) is 0 Å². The summed E-state index contributed by atoms with van der Waals surface area (Å²) in [6.45, 7) is 1.55. The molecule has 2 fully saturated rings. The normalized spacial score (nSPS) is 18.8. The van der Waals surface area contributed by atoms with Gasteiger partial charge in [0, 0.05) is 51.0 Å². The number of nitrogens with one attached hydrogen (secondary N) is 1. The summed E-state index contributed by atoms with van der Waals surface area (Å²) >= 11 is 0. The SMILES string of the molecule is CN(C)C(=O)CCOc1nc(N2CC3CCC(C2)N3)c2cnc(-c3cc(O)cc4ccccc34)c(F)c2n1. The zero-order valence-corrected chi connectivity index (χ0v) is 21.3. The molecule has 2 saturated heterocycles. The van der Waals surface area contributed by atoms with E-state index in [1.165, 1.54) is 11.0 Å². The van der Waals surface area contributed by atoms with Crippen molar-refractivity contribution in [2.75, 3.05) is 38.7 Å². The summed E-state index contributed by atoms with van der Waals surface area (Å²) in [5, 5.41) is 16.0. The molecule has 2 aromatic carbocycles. The number of piperazine rings is 1. The molecule has 0 aliphatic carbocycles. The molecule has 2 bridgehead atoms. The van der Waals surface area contributed by atoms with Gasteiger partial charge in [-0.05, 0) is 35.7 Å². The van der Waals surface area contributed by atoms with E-state index in [1.807, 2.05) is 24.3 Å². The highest BCUT2D eigenvalue weighted by molar-refractivity contribution is 5.99. The van der Waals surface area contributed by atoms with Gasteiger partial charge in [0.05, 0.1) is 11.8 Å². The summed E-state index contributed by atoms with van der Waals surface area (Å²) < 4.78 is 22.1. The lowest BCUT2D eigenvalue weighted by Gasteiger charge is -2.34. The van der Waals surface area contributed by atoms with E-state index in [9.17, 15) is 9.90 Å². The largest absolute Gasteiger partial charge is 0.508 e. The number of amides is 1. The van der Waals surface area contributed by atoms with Gasteiger partial charge >= 0.3 is 6.01 Å². The first kappa shape index (κ1) is 24.3. The summed E-state index contributed by atoms with van der Waals surface area (Å²) in [6.07, 6.45) is 3.93. The molecule has 38 heavy (non-hydrogen) atoms. The van der Waals surface area contributed by atoms with Gasteiger partial charge in [0.15, 0.2) is 5.82 Å². The zero-order valence-electron chi connectivity index (χ0n) is 21.3. The summed E-state index contributed by atoms with van der Waals surface area (Å²) in [5.41, 5.74) is 0.648. The molecule has 6 rings (SSSR count). The van der Waals surface area contributed by atoms with Crippen molar-refractivity contribution < 1.29 is 19.0 Å². The van der Waals surface area contributed by atoms with Gasteiger partial charge in [0.2, 0.25) is 5.91 Å². The highest BCUT2D eigenvalue weighted by atomic mass is 19.1. The van der Waals surface area contributed by atoms with Gasteiger partial charge in [-0.25, -0.2) is 4.39 Å². The molecule has 0 radical (unpaired) electrons. The van der Waals surface area contributed by atoms with Crippen LogP contribution in [0, 0.1) is 5.82 Å². The first-order valence-corrected chi connectivity index (χ1v) is 12.8. The number of aromatic nitrogens is 3. The smallest absolute Gasteiger partial charge is 0.319 e. The van der Waals surface area contributed by atoms with Crippen LogP contribution in [0.4, 0.5) is 10.2 Å². The number of nitrogens with zero attached hydrogens (tertiary/aromatic N) is 5. The second kappa shape index (κ2) is 9.68. The van der Waals surface area contributed by atoms with Gasteiger partial charge in [-0.3, -0.25) is 9.78 Å². The maximum absolute atomic E-state index is 16.3.